The van der Waals surface area contributed by atoms with Gasteiger partial charge in [-0.1, -0.05) is 0 Å². The third kappa shape index (κ3) is 4.56. The van der Waals surface area contributed by atoms with Crippen LogP contribution in [0.15, 0.2) is 21.9 Å². The van der Waals surface area contributed by atoms with Crippen molar-refractivity contribution in [3.63, 3.8) is 0 Å². The van der Waals surface area contributed by atoms with Crippen molar-refractivity contribution in [2.75, 3.05) is 13.1 Å². The van der Waals surface area contributed by atoms with Gasteiger partial charge in [0.05, 0.1) is 6.10 Å². The van der Waals surface area contributed by atoms with Gasteiger partial charge in [-0.3, -0.25) is 19.1 Å². The molecule has 13 nitrogen and oxygen atoms in total. The lowest BCUT2D eigenvalue weighted by Crippen LogP contribution is -2.44. The molecule has 0 bridgehead atoms. The zero-order valence-corrected chi connectivity index (χ0v) is 15.3. The summed E-state index contributed by atoms with van der Waals surface area (Å²) >= 11 is 0. The number of aromatic amines is 1. The molecule has 0 unspecified atom stereocenters. The normalized spacial score (nSPS) is 35.5. The Balaban J connectivity index is 1.74. The summed E-state index contributed by atoms with van der Waals surface area (Å²) < 4.78 is 17.9. The van der Waals surface area contributed by atoms with Crippen LogP contribution in [0.2, 0.25) is 0 Å². The number of carbonyl (C=O) groups is 1. The number of nitrogens with two attached hydrogens (primary N) is 1. The Kier molecular flexibility index (Phi) is 6.79. The molecule has 162 valence electrons. The van der Waals surface area contributed by atoms with Gasteiger partial charge in [0.25, 0.3) is 5.56 Å². The summed E-state index contributed by atoms with van der Waals surface area (Å²) in [6, 6.07) is 1.11. The molecule has 3 heterocycles. The number of carbonyl (C=O) groups excluding carboxylic acids is 1. The minimum Gasteiger partial charge on any atom is -0.388 e. The van der Waals surface area contributed by atoms with Gasteiger partial charge in [-0.15, -0.1) is 0 Å². The molecule has 2 saturated heterocycles. The number of aliphatic hydroxyl groups excluding tert-OH is 3. The fraction of sp³-hybridized carbons (Fsp3) is 0.688. The number of aliphatic hydroxyl groups is 3. The molecule has 7 N–H and O–H groups in total. The van der Waals surface area contributed by atoms with Crippen molar-refractivity contribution in [2.45, 2.75) is 55.6 Å². The van der Waals surface area contributed by atoms with Gasteiger partial charge in [0.1, 0.15) is 30.5 Å². The van der Waals surface area contributed by atoms with Crippen LogP contribution in [0, 0.1) is 0 Å². The highest BCUT2D eigenvalue weighted by Gasteiger charge is 2.46. The minimum absolute atomic E-state index is 0.0348. The molecule has 1 aromatic heterocycles. The molecule has 1 amide bonds. The van der Waals surface area contributed by atoms with E-state index in [9.17, 15) is 29.7 Å². The Labute approximate surface area is 164 Å². The molecule has 13 heteroatoms. The molecule has 0 saturated carbocycles. The van der Waals surface area contributed by atoms with Gasteiger partial charge in [-0.25, -0.2) is 4.79 Å². The van der Waals surface area contributed by atoms with Crippen LogP contribution < -0.4 is 22.3 Å². The van der Waals surface area contributed by atoms with Crippen LogP contribution in [-0.2, 0) is 19.0 Å². The number of ether oxygens (including phenoxy) is 3. The summed E-state index contributed by atoms with van der Waals surface area (Å²) in [6.07, 6.45) is -6.88. The first kappa shape index (κ1) is 21.6. The molecule has 0 aromatic carbocycles. The van der Waals surface area contributed by atoms with Gasteiger partial charge >= 0.3 is 5.69 Å². The summed E-state index contributed by atoms with van der Waals surface area (Å²) in [4.78, 5) is 36.0. The van der Waals surface area contributed by atoms with Crippen molar-refractivity contribution < 1.29 is 34.3 Å². The number of amides is 1. The summed E-state index contributed by atoms with van der Waals surface area (Å²) in [6.45, 7) is -0.0880. The van der Waals surface area contributed by atoms with Crippen LogP contribution in [-0.4, -0.2) is 87.3 Å². The van der Waals surface area contributed by atoms with E-state index in [0.29, 0.717) is 6.41 Å². The number of hydrogen-bond acceptors (Lipinski definition) is 10. The summed E-state index contributed by atoms with van der Waals surface area (Å²) in [5.41, 5.74) is 4.14. The number of nitrogens with one attached hydrogen (secondary N) is 2. The fourth-order valence-electron chi connectivity index (χ4n) is 3.42. The lowest BCUT2D eigenvalue weighted by atomic mass is 10.1. The van der Waals surface area contributed by atoms with E-state index in [2.05, 4.69) is 10.3 Å². The average Bonchev–Trinajstić information content (AvgIpc) is 3.19. The Hall–Kier alpha value is -2.13. The number of aromatic nitrogens is 2. The molecule has 0 radical (unpaired) electrons. The molecular weight excluding hydrogens is 392 g/mol. The maximum atomic E-state index is 12.0. The predicted octanol–water partition coefficient (Wildman–Crippen LogP) is -4.28. The highest BCUT2D eigenvalue weighted by molar-refractivity contribution is 5.45. The second-order valence-corrected chi connectivity index (χ2v) is 6.85. The van der Waals surface area contributed by atoms with Gasteiger partial charge in [0.15, 0.2) is 12.5 Å². The van der Waals surface area contributed by atoms with Gasteiger partial charge in [-0.2, -0.15) is 0 Å². The highest BCUT2D eigenvalue weighted by atomic mass is 16.7. The Morgan fingerprint density at radius 1 is 1.34 bits per heavy atom. The zero-order valence-electron chi connectivity index (χ0n) is 15.3. The summed E-state index contributed by atoms with van der Waals surface area (Å²) in [7, 11) is 0. The lowest BCUT2D eigenvalue weighted by molar-refractivity contribution is -0.213. The van der Waals surface area contributed by atoms with Gasteiger partial charge < -0.3 is 40.6 Å². The van der Waals surface area contributed by atoms with Crippen molar-refractivity contribution in [1.29, 1.82) is 0 Å². The molecule has 2 fully saturated rings. The maximum absolute atomic E-state index is 12.0. The third-order valence-electron chi connectivity index (χ3n) is 4.92. The van der Waals surface area contributed by atoms with Gasteiger partial charge in [0.2, 0.25) is 6.41 Å². The minimum atomic E-state index is -1.37. The van der Waals surface area contributed by atoms with Crippen molar-refractivity contribution >= 4 is 6.41 Å². The standard InChI is InChI=1S/C16H24N4O9/c17-4-9-12(24)13(25)15(28-9)29-10(5-18-6-21)8-3-7(22)14(27-8)20-2-1-11(23)19-16(20)26/h1-2,6-10,12-15,22,24-25H,3-5,17H2,(H,18,21)(H,19,23,26)/t7-,8+,9-,10+,12-,13-,14-,15+/m1/s1. The number of nitrogens with zero attached hydrogens (tertiary/aromatic N) is 1. The molecule has 8 atom stereocenters. The van der Waals surface area contributed by atoms with Gasteiger partial charge in [-0.05, 0) is 0 Å². The molecule has 1 aromatic rings. The molecule has 2 aliphatic heterocycles. The van der Waals surface area contributed by atoms with Crippen molar-refractivity contribution in [1.82, 2.24) is 14.9 Å². The summed E-state index contributed by atoms with van der Waals surface area (Å²) in [5.74, 6) is 0. The molecule has 0 spiro atoms. The van der Waals surface area contributed by atoms with E-state index >= 15 is 0 Å². The molecule has 2 aliphatic rings. The van der Waals surface area contributed by atoms with Crippen LogP contribution in [0.4, 0.5) is 0 Å². The van der Waals surface area contributed by atoms with E-state index in [0.717, 1.165) is 10.6 Å². The van der Waals surface area contributed by atoms with Crippen LogP contribution in [0.1, 0.15) is 12.6 Å². The fourth-order valence-corrected chi connectivity index (χ4v) is 3.42. The first-order valence-electron chi connectivity index (χ1n) is 9.04. The van der Waals surface area contributed by atoms with E-state index in [4.69, 9.17) is 19.9 Å². The van der Waals surface area contributed by atoms with E-state index in [1.165, 1.54) is 6.20 Å². The topological polar surface area (TPSA) is 198 Å². The van der Waals surface area contributed by atoms with E-state index in [1.807, 2.05) is 0 Å². The quantitative estimate of drug-likeness (QED) is 0.225. The first-order chi connectivity index (χ1) is 13.8. The predicted molar refractivity (Wildman–Crippen MR) is 94.5 cm³/mol. The van der Waals surface area contributed by atoms with Crippen LogP contribution in [0.5, 0.6) is 0 Å². The maximum Gasteiger partial charge on any atom is 0.330 e. The highest BCUT2D eigenvalue weighted by Crippen LogP contribution is 2.32. The second-order valence-electron chi connectivity index (χ2n) is 6.85. The van der Waals surface area contributed by atoms with E-state index < -0.39 is 60.4 Å². The van der Waals surface area contributed by atoms with Crippen LogP contribution in [0.25, 0.3) is 0 Å². The SMILES string of the molecule is NC[C@H]1O[C@@H](O[C@@H](CNC=O)[C@@H]2C[C@@H](O)[C@H](n3ccc(=O)[nH]c3=O)O2)[C@H](O)[C@@H]1O. The number of rotatable bonds is 8. The Bertz CT molecular complexity index is 814. The Morgan fingerprint density at radius 3 is 2.72 bits per heavy atom. The van der Waals surface area contributed by atoms with Crippen molar-refractivity contribution in [2.24, 2.45) is 5.73 Å². The number of H-pyrrole nitrogens is 1. The molecule has 0 aliphatic carbocycles. The van der Waals surface area contributed by atoms with Crippen molar-refractivity contribution in [3.05, 3.63) is 33.1 Å². The summed E-state index contributed by atoms with van der Waals surface area (Å²) in [5, 5.41) is 32.8. The lowest BCUT2D eigenvalue weighted by Gasteiger charge is -2.28. The largest absolute Gasteiger partial charge is 0.388 e. The van der Waals surface area contributed by atoms with Crippen molar-refractivity contribution in [3.8, 4) is 0 Å². The molecule has 3 rings (SSSR count). The average molecular weight is 416 g/mol. The first-order valence-corrected chi connectivity index (χ1v) is 9.04. The van der Waals surface area contributed by atoms with Crippen LogP contribution >= 0.6 is 0 Å². The molecule has 29 heavy (non-hydrogen) atoms. The van der Waals surface area contributed by atoms with E-state index in [1.54, 1.807) is 0 Å². The number of hydrogen-bond donors (Lipinski definition) is 6. The van der Waals surface area contributed by atoms with E-state index in [-0.39, 0.29) is 19.5 Å². The Morgan fingerprint density at radius 2 is 2.10 bits per heavy atom. The second kappa shape index (κ2) is 9.13. The smallest absolute Gasteiger partial charge is 0.330 e. The van der Waals surface area contributed by atoms with Crippen LogP contribution in [0.3, 0.4) is 0 Å². The zero-order chi connectivity index (χ0) is 21.1. The molecular formula is C16H24N4O9. The third-order valence-corrected chi connectivity index (χ3v) is 4.92. The van der Waals surface area contributed by atoms with Gasteiger partial charge in [0, 0.05) is 31.8 Å². The monoisotopic (exact) mass is 416 g/mol.